The molecule has 2 aliphatic rings. The van der Waals surface area contributed by atoms with Crippen molar-refractivity contribution in [3.63, 3.8) is 0 Å². The lowest BCUT2D eigenvalue weighted by molar-refractivity contribution is 0.160. The van der Waals surface area contributed by atoms with E-state index >= 15 is 0 Å². The van der Waals surface area contributed by atoms with Gasteiger partial charge in [-0.3, -0.25) is 9.80 Å². The summed E-state index contributed by atoms with van der Waals surface area (Å²) in [6.45, 7) is 3.24. The summed E-state index contributed by atoms with van der Waals surface area (Å²) in [6, 6.07) is 21.4. The highest BCUT2D eigenvalue weighted by atomic mass is 19.1. The molecule has 1 saturated heterocycles. The number of benzene rings is 3. The Morgan fingerprint density at radius 2 is 1.80 bits per heavy atom. The molecule has 0 bridgehead atoms. The van der Waals surface area contributed by atoms with E-state index in [1.54, 1.807) is 24.1 Å². The maximum absolute atomic E-state index is 13.3. The first-order chi connectivity index (χ1) is 17.0. The standard InChI is InChI=1S/C28H27FN4O2/c1-35-24-10-11-26-25(16-24)28(19-33(26)27(34)31-23-8-6-22(29)7-9-23)12-14-32(15-13-28)18-21-4-2-20(17-30)3-5-21/h2-11,16H,12-15,18-19H2,1H3,(H,31,34). The zero-order chi connectivity index (χ0) is 24.4. The highest BCUT2D eigenvalue weighted by molar-refractivity contribution is 6.03. The first-order valence-electron chi connectivity index (χ1n) is 11.7. The van der Waals surface area contributed by atoms with E-state index in [0.29, 0.717) is 17.8 Å². The van der Waals surface area contributed by atoms with Gasteiger partial charge < -0.3 is 10.1 Å². The fraction of sp³-hybridized carbons (Fsp3) is 0.286. The number of nitrogens with one attached hydrogen (secondary N) is 1. The van der Waals surface area contributed by atoms with Gasteiger partial charge in [-0.15, -0.1) is 0 Å². The molecule has 6 nitrogen and oxygen atoms in total. The Kier molecular flexibility index (Phi) is 6.14. The van der Waals surface area contributed by atoms with Crippen LogP contribution in [0, 0.1) is 17.1 Å². The topological polar surface area (TPSA) is 68.6 Å². The van der Waals surface area contributed by atoms with E-state index in [9.17, 15) is 9.18 Å². The summed E-state index contributed by atoms with van der Waals surface area (Å²) in [4.78, 5) is 17.5. The van der Waals surface area contributed by atoms with Crippen molar-refractivity contribution in [2.75, 3.05) is 37.0 Å². The number of rotatable bonds is 4. The van der Waals surface area contributed by atoms with Crippen LogP contribution in [0.25, 0.3) is 0 Å². The molecule has 1 spiro atoms. The third-order valence-electron chi connectivity index (χ3n) is 7.17. The Morgan fingerprint density at radius 3 is 2.46 bits per heavy atom. The number of halogens is 1. The number of carbonyl (C=O) groups excluding carboxylic acids is 1. The number of nitriles is 1. The number of hydrogen-bond donors (Lipinski definition) is 1. The molecule has 7 heteroatoms. The van der Waals surface area contributed by atoms with Crippen molar-refractivity contribution in [1.82, 2.24) is 4.90 Å². The van der Waals surface area contributed by atoms with Crippen LogP contribution in [0.5, 0.6) is 5.75 Å². The summed E-state index contributed by atoms with van der Waals surface area (Å²) in [7, 11) is 1.66. The molecule has 0 aliphatic carbocycles. The van der Waals surface area contributed by atoms with Gasteiger partial charge in [0.25, 0.3) is 0 Å². The predicted octanol–water partition coefficient (Wildman–Crippen LogP) is 5.29. The molecule has 5 rings (SSSR count). The second-order valence-corrected chi connectivity index (χ2v) is 9.27. The predicted molar refractivity (Wildman–Crippen MR) is 133 cm³/mol. The smallest absolute Gasteiger partial charge is 0.326 e. The van der Waals surface area contributed by atoms with Crippen molar-refractivity contribution >= 4 is 17.4 Å². The normalized spacial score (nSPS) is 16.5. The van der Waals surface area contributed by atoms with Gasteiger partial charge >= 0.3 is 6.03 Å². The van der Waals surface area contributed by atoms with Crippen molar-refractivity contribution in [3.8, 4) is 11.8 Å². The molecule has 3 aromatic carbocycles. The highest BCUT2D eigenvalue weighted by Crippen LogP contribution is 2.48. The maximum Gasteiger partial charge on any atom is 0.326 e. The molecule has 1 fully saturated rings. The van der Waals surface area contributed by atoms with Crippen LogP contribution < -0.4 is 15.0 Å². The van der Waals surface area contributed by atoms with E-state index in [1.807, 2.05) is 36.4 Å². The van der Waals surface area contributed by atoms with E-state index in [-0.39, 0.29) is 17.3 Å². The van der Waals surface area contributed by atoms with Gasteiger partial charge in [0.1, 0.15) is 11.6 Å². The second kappa shape index (κ2) is 9.40. The second-order valence-electron chi connectivity index (χ2n) is 9.27. The highest BCUT2D eigenvalue weighted by Gasteiger charge is 2.46. The van der Waals surface area contributed by atoms with E-state index in [4.69, 9.17) is 10.00 Å². The van der Waals surface area contributed by atoms with Crippen LogP contribution in [-0.4, -0.2) is 37.7 Å². The minimum absolute atomic E-state index is 0.148. The maximum atomic E-state index is 13.3. The molecule has 0 atom stereocenters. The minimum atomic E-state index is -0.340. The number of urea groups is 1. The number of nitrogens with zero attached hydrogens (tertiary/aromatic N) is 3. The van der Waals surface area contributed by atoms with Crippen LogP contribution in [0.1, 0.15) is 29.5 Å². The molecule has 0 unspecified atom stereocenters. The number of anilines is 2. The van der Waals surface area contributed by atoms with Crippen LogP contribution in [0.4, 0.5) is 20.6 Å². The van der Waals surface area contributed by atoms with Crippen molar-refractivity contribution in [2.45, 2.75) is 24.8 Å². The summed E-state index contributed by atoms with van der Waals surface area (Å²) in [6.07, 6.45) is 1.84. The summed E-state index contributed by atoms with van der Waals surface area (Å²) >= 11 is 0. The van der Waals surface area contributed by atoms with Gasteiger partial charge in [0.15, 0.2) is 0 Å². The Bertz CT molecular complexity index is 1260. The SMILES string of the molecule is COc1ccc2c(c1)C1(CCN(Cc3ccc(C#N)cc3)CC1)CN2C(=O)Nc1ccc(F)cc1. The van der Waals surface area contributed by atoms with Gasteiger partial charge in [-0.1, -0.05) is 12.1 Å². The van der Waals surface area contributed by atoms with Crippen molar-refractivity contribution in [1.29, 1.82) is 5.26 Å². The van der Waals surface area contributed by atoms with Gasteiger partial charge in [0.2, 0.25) is 0 Å². The fourth-order valence-electron chi connectivity index (χ4n) is 5.19. The molecule has 0 aromatic heterocycles. The quantitative estimate of drug-likeness (QED) is 0.563. The fourth-order valence-corrected chi connectivity index (χ4v) is 5.19. The van der Waals surface area contributed by atoms with Crippen molar-refractivity contribution < 1.29 is 13.9 Å². The van der Waals surface area contributed by atoms with Crippen LogP contribution >= 0.6 is 0 Å². The van der Waals surface area contributed by atoms with Crippen LogP contribution in [0.3, 0.4) is 0 Å². The van der Waals surface area contributed by atoms with Gasteiger partial charge in [0, 0.05) is 29.9 Å². The Labute approximate surface area is 204 Å². The van der Waals surface area contributed by atoms with Gasteiger partial charge in [-0.25, -0.2) is 9.18 Å². The van der Waals surface area contributed by atoms with Gasteiger partial charge in [-0.05, 0) is 91.7 Å². The molecule has 0 radical (unpaired) electrons. The number of methoxy groups -OCH3 is 1. The first kappa shape index (κ1) is 22.9. The molecule has 2 aliphatic heterocycles. The summed E-state index contributed by atoms with van der Waals surface area (Å²) < 4.78 is 18.8. The zero-order valence-corrected chi connectivity index (χ0v) is 19.6. The molecular formula is C28H27FN4O2. The van der Waals surface area contributed by atoms with Crippen molar-refractivity contribution in [2.24, 2.45) is 0 Å². The average molecular weight is 471 g/mol. The molecule has 0 saturated carbocycles. The Hall–Kier alpha value is -3.89. The van der Waals surface area contributed by atoms with Gasteiger partial charge in [-0.2, -0.15) is 5.26 Å². The first-order valence-corrected chi connectivity index (χ1v) is 11.7. The lowest BCUT2D eigenvalue weighted by Crippen LogP contribution is -2.46. The monoisotopic (exact) mass is 470 g/mol. The molecule has 1 N–H and O–H groups in total. The number of amides is 2. The summed E-state index contributed by atoms with van der Waals surface area (Å²) in [5, 5.41) is 11.9. The number of carbonyl (C=O) groups is 1. The Balaban J connectivity index is 1.34. The molecule has 35 heavy (non-hydrogen) atoms. The average Bonchev–Trinajstić information content (AvgIpc) is 3.20. The molecule has 2 amide bonds. The van der Waals surface area contributed by atoms with Crippen LogP contribution in [0.2, 0.25) is 0 Å². The van der Waals surface area contributed by atoms with E-state index in [2.05, 4.69) is 22.4 Å². The van der Waals surface area contributed by atoms with Gasteiger partial charge in [0.05, 0.1) is 18.7 Å². The van der Waals surface area contributed by atoms with E-state index in [1.165, 1.54) is 17.7 Å². The van der Waals surface area contributed by atoms with Crippen molar-refractivity contribution in [3.05, 3.63) is 89.2 Å². The molecule has 178 valence electrons. The minimum Gasteiger partial charge on any atom is -0.497 e. The number of fused-ring (bicyclic) bond motifs is 2. The zero-order valence-electron chi connectivity index (χ0n) is 19.6. The number of piperidine rings is 1. The molecular weight excluding hydrogens is 443 g/mol. The number of ether oxygens (including phenoxy) is 1. The lowest BCUT2D eigenvalue weighted by Gasteiger charge is -2.40. The molecule has 3 aromatic rings. The summed E-state index contributed by atoms with van der Waals surface area (Å²) in [5.74, 6) is 0.442. The Morgan fingerprint density at radius 1 is 1.09 bits per heavy atom. The van der Waals surface area contributed by atoms with E-state index < -0.39 is 0 Å². The lowest BCUT2D eigenvalue weighted by atomic mass is 9.74. The largest absolute Gasteiger partial charge is 0.497 e. The van der Waals surface area contributed by atoms with Crippen LogP contribution in [-0.2, 0) is 12.0 Å². The third kappa shape index (κ3) is 4.58. The van der Waals surface area contributed by atoms with E-state index in [0.717, 1.165) is 49.5 Å². The third-order valence-corrected chi connectivity index (χ3v) is 7.17. The number of hydrogen-bond acceptors (Lipinski definition) is 4. The van der Waals surface area contributed by atoms with Crippen LogP contribution in [0.15, 0.2) is 66.7 Å². The number of likely N-dealkylation sites (tertiary alicyclic amines) is 1. The molecule has 2 heterocycles. The summed E-state index contributed by atoms with van der Waals surface area (Å²) in [5.41, 5.74) is 4.31.